The lowest BCUT2D eigenvalue weighted by atomic mass is 9.85. The minimum atomic E-state index is -0.979. The van der Waals surface area contributed by atoms with Crippen LogP contribution in [0.25, 0.3) is 0 Å². The minimum Gasteiger partial charge on any atom is -0.496 e. The van der Waals surface area contributed by atoms with Gasteiger partial charge in [-0.3, -0.25) is 9.59 Å². The van der Waals surface area contributed by atoms with Gasteiger partial charge in [-0.25, -0.2) is 0 Å². The van der Waals surface area contributed by atoms with E-state index in [1.807, 2.05) is 13.0 Å². The monoisotopic (exact) mass is 327 g/mol. The van der Waals surface area contributed by atoms with E-state index in [9.17, 15) is 14.7 Å². The molecule has 2 rings (SSSR count). The van der Waals surface area contributed by atoms with Crippen LogP contribution in [0, 0.1) is 6.92 Å². The number of benzene rings is 2. The molecular formula is C19H21NO4. The number of carbonyl (C=O) groups excluding carboxylic acids is 1. The zero-order valence-electron chi connectivity index (χ0n) is 14.2. The molecule has 0 radical (unpaired) electrons. The van der Waals surface area contributed by atoms with Crippen molar-refractivity contribution >= 4 is 17.6 Å². The fraction of sp³-hybridized carbons (Fsp3) is 0.263. The molecule has 0 fully saturated rings. The van der Waals surface area contributed by atoms with Gasteiger partial charge in [-0.15, -0.1) is 0 Å². The summed E-state index contributed by atoms with van der Waals surface area (Å²) in [5.74, 6) is -0.495. The number of aliphatic carboxylic acids is 1. The Labute approximate surface area is 141 Å². The number of nitrogens with one attached hydrogen (secondary N) is 1. The van der Waals surface area contributed by atoms with E-state index < -0.39 is 11.4 Å². The molecule has 0 atom stereocenters. The van der Waals surface area contributed by atoms with Crippen molar-refractivity contribution in [3.63, 3.8) is 0 Å². The van der Waals surface area contributed by atoms with E-state index in [4.69, 9.17) is 4.74 Å². The maximum atomic E-state index is 12.3. The van der Waals surface area contributed by atoms with Gasteiger partial charge >= 0.3 is 5.97 Å². The molecule has 0 saturated carbocycles. The molecule has 2 aromatic rings. The maximum Gasteiger partial charge on any atom is 0.313 e. The number of carbonyl (C=O) groups is 2. The van der Waals surface area contributed by atoms with Gasteiger partial charge in [0.1, 0.15) is 5.75 Å². The Morgan fingerprint density at radius 3 is 2.25 bits per heavy atom. The van der Waals surface area contributed by atoms with E-state index in [1.165, 1.54) is 0 Å². The molecule has 0 aliphatic carbocycles. The average molecular weight is 327 g/mol. The van der Waals surface area contributed by atoms with Crippen LogP contribution in [0.4, 0.5) is 5.69 Å². The Bertz CT molecular complexity index is 763. The summed E-state index contributed by atoms with van der Waals surface area (Å²) in [6.07, 6.45) is 0. The molecule has 0 aliphatic heterocycles. The second-order valence-electron chi connectivity index (χ2n) is 6.15. The number of hydrogen-bond acceptors (Lipinski definition) is 3. The van der Waals surface area contributed by atoms with Crippen molar-refractivity contribution in [1.82, 2.24) is 0 Å². The van der Waals surface area contributed by atoms with Gasteiger partial charge in [0.05, 0.1) is 12.5 Å². The van der Waals surface area contributed by atoms with Crippen LogP contribution in [0.15, 0.2) is 42.5 Å². The van der Waals surface area contributed by atoms with Gasteiger partial charge in [-0.2, -0.15) is 0 Å². The van der Waals surface area contributed by atoms with Crippen LogP contribution < -0.4 is 10.1 Å². The summed E-state index contributed by atoms with van der Waals surface area (Å²) in [5, 5.41) is 12.0. The summed E-state index contributed by atoms with van der Waals surface area (Å²) in [6, 6.07) is 12.1. The van der Waals surface area contributed by atoms with Crippen molar-refractivity contribution in [1.29, 1.82) is 0 Å². The first-order valence-corrected chi connectivity index (χ1v) is 7.55. The normalized spacial score (nSPS) is 11.0. The first-order valence-electron chi connectivity index (χ1n) is 7.55. The first kappa shape index (κ1) is 17.5. The van der Waals surface area contributed by atoms with Gasteiger partial charge < -0.3 is 15.2 Å². The highest BCUT2D eigenvalue weighted by Gasteiger charge is 2.29. The number of anilines is 1. The SMILES string of the molecule is COc1cc(C(=O)Nc2ccc(C(C)(C)C(=O)O)cc2)ccc1C. The largest absolute Gasteiger partial charge is 0.496 e. The maximum absolute atomic E-state index is 12.3. The molecule has 0 aliphatic rings. The third-order valence-corrected chi connectivity index (χ3v) is 4.07. The average Bonchev–Trinajstić information content (AvgIpc) is 2.55. The third-order valence-electron chi connectivity index (χ3n) is 4.07. The van der Waals surface area contributed by atoms with Crippen LogP contribution in [0.2, 0.25) is 0 Å². The van der Waals surface area contributed by atoms with Crippen molar-refractivity contribution in [3.05, 3.63) is 59.2 Å². The van der Waals surface area contributed by atoms with E-state index in [0.717, 1.165) is 5.56 Å². The second kappa shape index (κ2) is 6.74. The number of hydrogen-bond donors (Lipinski definition) is 2. The number of carboxylic acid groups (broad SMARTS) is 1. The Kier molecular flexibility index (Phi) is 4.93. The van der Waals surface area contributed by atoms with Gasteiger partial charge in [-0.05, 0) is 56.2 Å². The predicted molar refractivity (Wildman–Crippen MR) is 92.8 cm³/mol. The predicted octanol–water partition coefficient (Wildman–Crippen LogP) is 3.62. The lowest BCUT2D eigenvalue weighted by Gasteiger charge is -2.20. The van der Waals surface area contributed by atoms with Crippen LogP contribution in [-0.2, 0) is 10.2 Å². The molecule has 5 heteroatoms. The van der Waals surface area contributed by atoms with Gasteiger partial charge in [0.15, 0.2) is 0 Å². The van der Waals surface area contributed by atoms with Crippen LogP contribution >= 0.6 is 0 Å². The number of aryl methyl sites for hydroxylation is 1. The van der Waals surface area contributed by atoms with Crippen LogP contribution in [0.3, 0.4) is 0 Å². The molecule has 126 valence electrons. The zero-order chi connectivity index (χ0) is 17.9. The number of methoxy groups -OCH3 is 1. The summed E-state index contributed by atoms with van der Waals surface area (Å²) in [5.41, 5.74) is 1.74. The number of ether oxygens (including phenoxy) is 1. The molecule has 0 saturated heterocycles. The molecule has 2 N–H and O–H groups in total. The molecule has 1 amide bonds. The van der Waals surface area contributed by atoms with Crippen LogP contribution in [-0.4, -0.2) is 24.1 Å². The second-order valence-corrected chi connectivity index (χ2v) is 6.15. The fourth-order valence-electron chi connectivity index (χ4n) is 2.26. The molecule has 0 aromatic heterocycles. The molecule has 0 spiro atoms. The molecule has 0 unspecified atom stereocenters. The standard InChI is InChI=1S/C19H21NO4/c1-12-5-6-13(11-16(12)24-4)17(21)20-15-9-7-14(8-10-15)19(2,3)18(22)23/h5-11H,1-4H3,(H,20,21)(H,22,23). The first-order chi connectivity index (χ1) is 11.3. The Balaban J connectivity index is 2.17. The van der Waals surface area contributed by atoms with Gasteiger partial charge in [0.25, 0.3) is 5.91 Å². The zero-order valence-corrected chi connectivity index (χ0v) is 14.2. The van der Waals surface area contributed by atoms with Crippen molar-refractivity contribution < 1.29 is 19.4 Å². The smallest absolute Gasteiger partial charge is 0.313 e. The number of carboxylic acids is 1. The quantitative estimate of drug-likeness (QED) is 0.879. The third kappa shape index (κ3) is 3.56. The molecule has 2 aromatic carbocycles. The van der Waals surface area contributed by atoms with E-state index in [2.05, 4.69) is 5.32 Å². The lowest BCUT2D eigenvalue weighted by molar-refractivity contribution is -0.142. The van der Waals surface area contributed by atoms with Gasteiger partial charge in [0.2, 0.25) is 0 Å². The summed E-state index contributed by atoms with van der Waals surface area (Å²) in [7, 11) is 1.56. The van der Waals surface area contributed by atoms with Crippen molar-refractivity contribution in [2.45, 2.75) is 26.2 Å². The van der Waals surface area contributed by atoms with E-state index in [1.54, 1.807) is 57.4 Å². The fourth-order valence-corrected chi connectivity index (χ4v) is 2.26. The van der Waals surface area contributed by atoms with Crippen molar-refractivity contribution in [2.75, 3.05) is 12.4 Å². The number of rotatable bonds is 5. The van der Waals surface area contributed by atoms with Gasteiger partial charge in [0, 0.05) is 11.3 Å². The van der Waals surface area contributed by atoms with E-state index in [0.29, 0.717) is 22.6 Å². The molecule has 24 heavy (non-hydrogen) atoms. The highest BCUT2D eigenvalue weighted by molar-refractivity contribution is 6.04. The molecular weight excluding hydrogens is 306 g/mol. The summed E-state index contributed by atoms with van der Waals surface area (Å²) >= 11 is 0. The van der Waals surface area contributed by atoms with Gasteiger partial charge in [-0.1, -0.05) is 18.2 Å². The molecule has 5 nitrogen and oxygen atoms in total. The van der Waals surface area contributed by atoms with E-state index in [-0.39, 0.29) is 5.91 Å². The highest BCUT2D eigenvalue weighted by Crippen LogP contribution is 2.25. The Morgan fingerprint density at radius 2 is 1.71 bits per heavy atom. The van der Waals surface area contributed by atoms with Crippen molar-refractivity contribution in [2.24, 2.45) is 0 Å². The summed E-state index contributed by atoms with van der Waals surface area (Å²) < 4.78 is 5.23. The Hall–Kier alpha value is -2.82. The van der Waals surface area contributed by atoms with Crippen LogP contribution in [0.5, 0.6) is 5.75 Å². The number of amides is 1. The van der Waals surface area contributed by atoms with Crippen molar-refractivity contribution in [3.8, 4) is 5.75 Å². The Morgan fingerprint density at radius 1 is 1.08 bits per heavy atom. The summed E-state index contributed by atoms with van der Waals surface area (Å²) in [4.78, 5) is 23.6. The van der Waals surface area contributed by atoms with Crippen LogP contribution in [0.1, 0.15) is 35.3 Å². The summed E-state index contributed by atoms with van der Waals surface area (Å²) in [6.45, 7) is 5.19. The lowest BCUT2D eigenvalue weighted by Crippen LogP contribution is -2.28. The molecule has 0 bridgehead atoms. The highest BCUT2D eigenvalue weighted by atomic mass is 16.5. The minimum absolute atomic E-state index is 0.251. The topological polar surface area (TPSA) is 75.6 Å². The molecule has 0 heterocycles. The van der Waals surface area contributed by atoms with E-state index >= 15 is 0 Å².